The van der Waals surface area contributed by atoms with E-state index in [1.807, 2.05) is 13.8 Å². The topological polar surface area (TPSA) is 81.4 Å². The van der Waals surface area contributed by atoms with Gasteiger partial charge in [0.25, 0.3) is 0 Å². The number of anilines is 1. The van der Waals surface area contributed by atoms with Crippen molar-refractivity contribution in [3.8, 4) is 0 Å². The highest BCUT2D eigenvalue weighted by atomic mass is 32.2. The molecule has 1 aromatic carbocycles. The summed E-state index contributed by atoms with van der Waals surface area (Å²) in [6.07, 6.45) is 0.543. The number of halogens is 1. The van der Waals surface area contributed by atoms with Gasteiger partial charge in [-0.2, -0.15) is 0 Å². The summed E-state index contributed by atoms with van der Waals surface area (Å²) in [5.74, 6) is -0.299. The van der Waals surface area contributed by atoms with Gasteiger partial charge in [-0.25, -0.2) is 17.5 Å². The zero-order chi connectivity index (χ0) is 15.2. The van der Waals surface area contributed by atoms with Crippen molar-refractivity contribution in [2.24, 2.45) is 5.92 Å². The molecule has 0 aromatic heterocycles. The predicted molar refractivity (Wildman–Crippen MR) is 76.3 cm³/mol. The summed E-state index contributed by atoms with van der Waals surface area (Å²) < 4.78 is 44.8. The van der Waals surface area contributed by atoms with Crippen molar-refractivity contribution in [3.63, 3.8) is 0 Å². The van der Waals surface area contributed by atoms with Crippen molar-refractivity contribution in [3.05, 3.63) is 24.0 Å². The summed E-state index contributed by atoms with van der Waals surface area (Å²) >= 11 is 0. The van der Waals surface area contributed by atoms with Crippen molar-refractivity contribution < 1.29 is 17.5 Å². The molecule has 20 heavy (non-hydrogen) atoms. The summed E-state index contributed by atoms with van der Waals surface area (Å²) in [5.41, 5.74) is 5.07. The fourth-order valence-electron chi connectivity index (χ4n) is 1.53. The van der Waals surface area contributed by atoms with E-state index in [4.69, 9.17) is 10.5 Å². The second-order valence-corrected chi connectivity index (χ2v) is 6.61. The maximum atomic E-state index is 13.2. The normalized spacial score (nSPS) is 12.0. The Bertz CT molecular complexity index is 532. The van der Waals surface area contributed by atoms with E-state index < -0.39 is 15.8 Å². The zero-order valence-electron chi connectivity index (χ0n) is 11.7. The molecule has 1 aromatic rings. The second-order valence-electron chi connectivity index (χ2n) is 4.87. The molecule has 0 aliphatic carbocycles. The molecular formula is C13H21FN2O3S. The monoisotopic (exact) mass is 304 g/mol. The maximum absolute atomic E-state index is 13.2. The highest BCUT2D eigenvalue weighted by molar-refractivity contribution is 7.89. The number of nitrogens with two attached hydrogens (primary N) is 1. The number of nitrogen functional groups attached to an aromatic ring is 1. The minimum Gasteiger partial charge on any atom is -0.395 e. The van der Waals surface area contributed by atoms with Gasteiger partial charge in [0, 0.05) is 19.8 Å². The van der Waals surface area contributed by atoms with Crippen LogP contribution >= 0.6 is 0 Å². The van der Waals surface area contributed by atoms with E-state index in [2.05, 4.69) is 4.72 Å². The van der Waals surface area contributed by atoms with Crippen LogP contribution in [0.3, 0.4) is 0 Å². The average Bonchev–Trinajstić information content (AvgIpc) is 2.36. The van der Waals surface area contributed by atoms with Crippen LogP contribution in [0, 0.1) is 11.7 Å². The molecule has 0 radical (unpaired) electrons. The Morgan fingerprint density at radius 3 is 2.75 bits per heavy atom. The lowest BCUT2D eigenvalue weighted by molar-refractivity contribution is 0.108. The van der Waals surface area contributed by atoms with Crippen LogP contribution in [0.5, 0.6) is 0 Å². The summed E-state index contributed by atoms with van der Waals surface area (Å²) in [6, 6.07) is 3.70. The molecule has 0 fully saturated rings. The van der Waals surface area contributed by atoms with E-state index in [1.54, 1.807) is 0 Å². The maximum Gasteiger partial charge on any atom is 0.242 e. The van der Waals surface area contributed by atoms with Crippen molar-refractivity contribution in [2.75, 3.05) is 25.5 Å². The number of nitrogens with one attached hydrogen (secondary N) is 1. The molecule has 114 valence electrons. The van der Waals surface area contributed by atoms with Crippen molar-refractivity contribution >= 4 is 15.7 Å². The minimum atomic E-state index is -3.79. The molecular weight excluding hydrogens is 283 g/mol. The first kappa shape index (κ1) is 16.9. The second kappa shape index (κ2) is 7.56. The molecule has 7 heteroatoms. The van der Waals surface area contributed by atoms with Crippen LogP contribution < -0.4 is 10.5 Å². The number of sulfonamides is 1. The number of ether oxygens (including phenoxy) is 1. The van der Waals surface area contributed by atoms with E-state index in [-0.39, 0.29) is 17.1 Å². The van der Waals surface area contributed by atoms with E-state index in [0.29, 0.717) is 25.6 Å². The van der Waals surface area contributed by atoms with Gasteiger partial charge in [0.2, 0.25) is 10.0 Å². The van der Waals surface area contributed by atoms with Gasteiger partial charge in [-0.15, -0.1) is 0 Å². The molecule has 0 bridgehead atoms. The van der Waals surface area contributed by atoms with E-state index >= 15 is 0 Å². The average molecular weight is 304 g/mol. The van der Waals surface area contributed by atoms with Crippen LogP contribution in [0.25, 0.3) is 0 Å². The molecule has 5 nitrogen and oxygen atoms in total. The Balaban J connectivity index is 2.48. The molecule has 0 aliphatic rings. The minimum absolute atomic E-state index is 0.219. The quantitative estimate of drug-likeness (QED) is 0.566. The van der Waals surface area contributed by atoms with Crippen molar-refractivity contribution in [1.82, 2.24) is 4.72 Å². The molecule has 3 N–H and O–H groups in total. The lowest BCUT2D eigenvalue weighted by Crippen LogP contribution is -2.26. The number of para-hydroxylation sites is 1. The molecule has 0 heterocycles. The molecule has 0 saturated heterocycles. The molecule has 0 amide bonds. The lowest BCUT2D eigenvalue weighted by Gasteiger charge is -2.10. The number of hydrogen-bond donors (Lipinski definition) is 2. The number of benzene rings is 1. The molecule has 0 aliphatic heterocycles. The smallest absolute Gasteiger partial charge is 0.242 e. The Morgan fingerprint density at radius 2 is 2.10 bits per heavy atom. The first-order valence-corrected chi connectivity index (χ1v) is 7.94. The highest BCUT2D eigenvalue weighted by Gasteiger charge is 2.18. The van der Waals surface area contributed by atoms with Crippen LogP contribution in [-0.4, -0.2) is 28.2 Å². The third-order valence-electron chi connectivity index (χ3n) is 2.51. The van der Waals surface area contributed by atoms with E-state index in [1.165, 1.54) is 12.1 Å². The summed E-state index contributed by atoms with van der Waals surface area (Å²) in [4.78, 5) is -0.236. The fourth-order valence-corrected chi connectivity index (χ4v) is 2.74. The molecule has 0 unspecified atom stereocenters. The van der Waals surface area contributed by atoms with Crippen LogP contribution in [0.2, 0.25) is 0 Å². The van der Waals surface area contributed by atoms with Crippen LogP contribution in [-0.2, 0) is 14.8 Å². The van der Waals surface area contributed by atoms with Gasteiger partial charge >= 0.3 is 0 Å². The summed E-state index contributed by atoms with van der Waals surface area (Å²) in [7, 11) is -3.79. The van der Waals surface area contributed by atoms with Crippen LogP contribution in [0.4, 0.5) is 10.1 Å². The van der Waals surface area contributed by atoms with Gasteiger partial charge in [-0.1, -0.05) is 19.9 Å². The molecule has 0 atom stereocenters. The van der Waals surface area contributed by atoms with Gasteiger partial charge in [-0.3, -0.25) is 0 Å². The Kier molecular flexibility index (Phi) is 6.38. The van der Waals surface area contributed by atoms with Gasteiger partial charge < -0.3 is 10.5 Å². The van der Waals surface area contributed by atoms with Crippen molar-refractivity contribution in [2.45, 2.75) is 25.2 Å². The largest absolute Gasteiger partial charge is 0.395 e. The Hall–Kier alpha value is -1.18. The van der Waals surface area contributed by atoms with Crippen molar-refractivity contribution in [1.29, 1.82) is 0 Å². The predicted octanol–water partition coefficient (Wildman–Crippen LogP) is 1.75. The standard InChI is InChI=1S/C13H21FN2O3S/c1-10(2)9-19-8-4-7-16-20(17,18)12-6-3-5-11(14)13(12)15/h3,5-6,10,16H,4,7-9,15H2,1-2H3. The van der Waals surface area contributed by atoms with Gasteiger partial charge in [0.05, 0.1) is 5.69 Å². The molecule has 1 rings (SSSR count). The fraction of sp³-hybridized carbons (Fsp3) is 0.538. The van der Waals surface area contributed by atoms with Crippen LogP contribution in [0.1, 0.15) is 20.3 Å². The number of hydrogen-bond acceptors (Lipinski definition) is 4. The van der Waals surface area contributed by atoms with E-state index in [0.717, 1.165) is 6.07 Å². The van der Waals surface area contributed by atoms with E-state index in [9.17, 15) is 12.8 Å². The highest BCUT2D eigenvalue weighted by Crippen LogP contribution is 2.20. The van der Waals surface area contributed by atoms with Gasteiger partial charge in [0.1, 0.15) is 10.7 Å². The SMILES string of the molecule is CC(C)COCCCNS(=O)(=O)c1cccc(F)c1N. The van der Waals surface area contributed by atoms with Crippen LogP contribution in [0.15, 0.2) is 23.1 Å². The first-order valence-electron chi connectivity index (χ1n) is 6.46. The zero-order valence-corrected chi connectivity index (χ0v) is 12.5. The van der Waals surface area contributed by atoms with Gasteiger partial charge in [-0.05, 0) is 24.5 Å². The third-order valence-corrected chi connectivity index (χ3v) is 4.03. The Morgan fingerprint density at radius 1 is 1.40 bits per heavy atom. The molecule has 0 saturated carbocycles. The van der Waals surface area contributed by atoms with Gasteiger partial charge in [0.15, 0.2) is 0 Å². The third kappa shape index (κ3) is 5.07. The Labute approximate surface area is 119 Å². The molecule has 0 spiro atoms. The first-order chi connectivity index (χ1) is 9.34. The number of rotatable bonds is 8. The summed E-state index contributed by atoms with van der Waals surface area (Å²) in [6.45, 7) is 5.41. The summed E-state index contributed by atoms with van der Waals surface area (Å²) in [5, 5.41) is 0. The lowest BCUT2D eigenvalue weighted by atomic mass is 10.2.